The molecule has 0 saturated carbocycles. The molecule has 0 bridgehead atoms. The van der Waals surface area contributed by atoms with Crippen molar-refractivity contribution in [3.05, 3.63) is 28.6 Å². The maximum atomic E-state index is 13.4. The molecule has 0 saturated heterocycles. The number of halogens is 3. The summed E-state index contributed by atoms with van der Waals surface area (Å²) in [6, 6.07) is 3.14. The molecule has 0 radical (unpaired) electrons. The normalized spacial score (nSPS) is 11.9. The third-order valence-electron chi connectivity index (χ3n) is 1.71. The number of hydrogen-bond donors (Lipinski definition) is 0. The predicted octanol–water partition coefficient (Wildman–Crippen LogP) is 3.73. The van der Waals surface area contributed by atoms with Gasteiger partial charge >= 0.3 is 0 Å². The number of benzene rings is 1. The number of fused-ring (bicyclic) bond motifs is 1. The van der Waals surface area contributed by atoms with Crippen molar-refractivity contribution < 1.29 is 4.39 Å². The molecule has 2 aromatic rings. The van der Waals surface area contributed by atoms with Gasteiger partial charge in [0.2, 0.25) is 0 Å². The van der Waals surface area contributed by atoms with Crippen LogP contribution in [0.15, 0.2) is 22.8 Å². The molecule has 0 aliphatic heterocycles. The quantitative estimate of drug-likeness (QED) is 0.551. The SMILES string of the molecule is Fc1ccc(Br)c2cnn(PI)c12. The van der Waals surface area contributed by atoms with E-state index in [9.17, 15) is 4.39 Å². The summed E-state index contributed by atoms with van der Waals surface area (Å²) in [7, 11) is 0. The van der Waals surface area contributed by atoms with Crippen LogP contribution in [0.3, 0.4) is 0 Å². The molecule has 1 aromatic carbocycles. The average molecular weight is 373 g/mol. The lowest BCUT2D eigenvalue weighted by molar-refractivity contribution is 0.634. The van der Waals surface area contributed by atoms with E-state index in [4.69, 9.17) is 0 Å². The molecule has 0 N–H and O–H groups in total. The van der Waals surface area contributed by atoms with Crippen LogP contribution in [0, 0.1) is 5.82 Å². The summed E-state index contributed by atoms with van der Waals surface area (Å²) >= 11 is 5.53. The summed E-state index contributed by atoms with van der Waals surface area (Å²) in [4.78, 5) is 0. The van der Waals surface area contributed by atoms with Gasteiger partial charge in [0.15, 0.2) is 0 Å². The van der Waals surface area contributed by atoms with Crippen molar-refractivity contribution in [1.82, 2.24) is 9.55 Å². The van der Waals surface area contributed by atoms with Crippen molar-refractivity contribution in [2.75, 3.05) is 0 Å². The van der Waals surface area contributed by atoms with Crippen molar-refractivity contribution in [3.63, 3.8) is 0 Å². The fourth-order valence-electron chi connectivity index (χ4n) is 1.13. The zero-order valence-electron chi connectivity index (χ0n) is 6.26. The van der Waals surface area contributed by atoms with E-state index in [0.29, 0.717) is 11.9 Å². The molecule has 1 atom stereocenters. The molecule has 2 rings (SSSR count). The summed E-state index contributed by atoms with van der Waals surface area (Å²) in [6.45, 7) is 0. The molecule has 0 fully saturated rings. The van der Waals surface area contributed by atoms with E-state index in [2.05, 4.69) is 43.1 Å². The lowest BCUT2D eigenvalue weighted by atomic mass is 10.2. The standard InChI is InChI=1S/C7H4BrFIN2P/c8-5-1-2-6(9)7-4(5)3-11-12(7)13-10/h1-3,13H. The van der Waals surface area contributed by atoms with Gasteiger partial charge in [0, 0.05) is 9.86 Å². The molecule has 0 aliphatic rings. The molecule has 1 aromatic heterocycles. The van der Waals surface area contributed by atoms with Crippen molar-refractivity contribution in [2.45, 2.75) is 0 Å². The van der Waals surface area contributed by atoms with Crippen LogP contribution in [0.5, 0.6) is 0 Å². The minimum Gasteiger partial charge on any atom is -0.234 e. The Bertz CT molecular complexity index is 459. The average Bonchev–Trinajstić information content (AvgIpc) is 2.56. The molecule has 1 heterocycles. The van der Waals surface area contributed by atoms with Crippen LogP contribution in [-0.2, 0) is 0 Å². The van der Waals surface area contributed by atoms with Crippen LogP contribution in [0.25, 0.3) is 10.9 Å². The second-order valence-corrected chi connectivity index (χ2v) is 5.33. The first kappa shape index (κ1) is 9.80. The monoisotopic (exact) mass is 372 g/mol. The molecular weight excluding hydrogens is 369 g/mol. The maximum Gasteiger partial charge on any atom is 0.149 e. The first-order chi connectivity index (χ1) is 6.24. The van der Waals surface area contributed by atoms with Crippen LogP contribution < -0.4 is 0 Å². The summed E-state index contributed by atoms with van der Waals surface area (Å²) < 4.78 is 15.9. The number of aromatic nitrogens is 2. The van der Waals surface area contributed by atoms with Gasteiger partial charge in [0.1, 0.15) is 11.3 Å². The van der Waals surface area contributed by atoms with Gasteiger partial charge in [-0.15, -0.1) is 0 Å². The van der Waals surface area contributed by atoms with Crippen molar-refractivity contribution in [1.29, 1.82) is 0 Å². The van der Waals surface area contributed by atoms with Gasteiger partial charge < -0.3 is 0 Å². The number of rotatable bonds is 1. The highest BCUT2D eigenvalue weighted by molar-refractivity contribution is 14.2. The minimum atomic E-state index is -0.222. The van der Waals surface area contributed by atoms with Crippen LogP contribution in [0.4, 0.5) is 4.39 Å². The molecule has 13 heavy (non-hydrogen) atoms. The molecule has 0 amide bonds. The summed E-state index contributed by atoms with van der Waals surface area (Å²) in [6.07, 6.45) is 2.09. The number of hydrogen-bond acceptors (Lipinski definition) is 1. The third kappa shape index (κ3) is 1.62. The fraction of sp³-hybridized carbons (Fsp3) is 0. The fourth-order valence-corrected chi connectivity index (χ4v) is 3.06. The Morgan fingerprint density at radius 2 is 2.31 bits per heavy atom. The van der Waals surface area contributed by atoms with Gasteiger partial charge in [-0.1, -0.05) is 15.9 Å². The van der Waals surface area contributed by atoms with Gasteiger partial charge in [0.25, 0.3) is 0 Å². The molecule has 2 nitrogen and oxygen atoms in total. The van der Waals surface area contributed by atoms with Crippen LogP contribution in [0.1, 0.15) is 0 Å². The van der Waals surface area contributed by atoms with E-state index < -0.39 is 0 Å². The second kappa shape index (κ2) is 3.79. The second-order valence-electron chi connectivity index (χ2n) is 2.43. The first-order valence-corrected chi connectivity index (χ1v) is 8.28. The van der Waals surface area contributed by atoms with Crippen molar-refractivity contribution in [3.8, 4) is 0 Å². The van der Waals surface area contributed by atoms with Gasteiger partial charge in [-0.2, -0.15) is 5.10 Å². The maximum absolute atomic E-state index is 13.4. The van der Waals surface area contributed by atoms with E-state index in [1.54, 1.807) is 16.7 Å². The Balaban J connectivity index is 2.87. The van der Waals surface area contributed by atoms with E-state index >= 15 is 0 Å². The van der Waals surface area contributed by atoms with Crippen LogP contribution in [0.2, 0.25) is 0 Å². The van der Waals surface area contributed by atoms with E-state index in [1.165, 1.54) is 6.07 Å². The Labute approximate surface area is 97.3 Å². The Morgan fingerprint density at radius 1 is 1.54 bits per heavy atom. The van der Waals surface area contributed by atoms with Crippen LogP contribution >= 0.6 is 44.3 Å². The Morgan fingerprint density at radius 3 is 3.00 bits per heavy atom. The summed E-state index contributed by atoms with van der Waals surface area (Å²) in [5.74, 6) is -0.222. The van der Waals surface area contributed by atoms with Gasteiger partial charge in [-0.25, -0.2) is 8.84 Å². The molecule has 6 heteroatoms. The molecular formula is C7H4BrFIN2P. The van der Waals surface area contributed by atoms with E-state index in [1.807, 2.05) is 0 Å². The van der Waals surface area contributed by atoms with Gasteiger partial charge in [0.05, 0.1) is 12.6 Å². The first-order valence-electron chi connectivity index (χ1n) is 3.42. The zero-order chi connectivity index (χ0) is 9.42. The Hall–Kier alpha value is 0.260. The molecule has 1 unspecified atom stereocenters. The molecule has 68 valence electrons. The summed E-state index contributed by atoms with van der Waals surface area (Å²) in [5, 5.41) is 4.91. The minimum absolute atomic E-state index is 0.222. The third-order valence-corrected chi connectivity index (χ3v) is 4.27. The predicted molar refractivity (Wildman–Crippen MR) is 65.1 cm³/mol. The lowest BCUT2D eigenvalue weighted by Crippen LogP contribution is -1.86. The highest BCUT2D eigenvalue weighted by Crippen LogP contribution is 2.32. The smallest absolute Gasteiger partial charge is 0.149 e. The largest absolute Gasteiger partial charge is 0.234 e. The number of nitrogens with zero attached hydrogens (tertiary/aromatic N) is 2. The highest BCUT2D eigenvalue weighted by Gasteiger charge is 2.09. The molecule has 0 aliphatic carbocycles. The topological polar surface area (TPSA) is 17.8 Å². The van der Waals surface area contributed by atoms with Crippen LogP contribution in [-0.4, -0.2) is 9.55 Å². The van der Waals surface area contributed by atoms with E-state index in [-0.39, 0.29) is 5.82 Å². The zero-order valence-corrected chi connectivity index (χ0v) is 11.0. The van der Waals surface area contributed by atoms with Gasteiger partial charge in [-0.3, -0.25) is 0 Å². The Kier molecular flexibility index (Phi) is 2.86. The highest BCUT2D eigenvalue weighted by atomic mass is 127. The summed E-state index contributed by atoms with van der Waals surface area (Å²) in [5.41, 5.74) is 0.571. The molecule has 0 spiro atoms. The lowest BCUT2D eigenvalue weighted by Gasteiger charge is -1.99. The van der Waals surface area contributed by atoms with Crippen molar-refractivity contribution >= 4 is 55.2 Å². The van der Waals surface area contributed by atoms with Gasteiger partial charge in [-0.05, 0) is 34.2 Å². The van der Waals surface area contributed by atoms with Crippen molar-refractivity contribution in [2.24, 2.45) is 0 Å². The van der Waals surface area contributed by atoms with E-state index in [0.717, 1.165) is 9.86 Å².